The number of carbonyl (C=O) groups excluding carboxylic acids is 2. The van der Waals surface area contributed by atoms with Crippen LogP contribution in [0.5, 0.6) is 0 Å². The van der Waals surface area contributed by atoms with Gasteiger partial charge in [-0.2, -0.15) is 5.26 Å². The number of allylic oxidation sites excluding steroid dienone is 2. The second kappa shape index (κ2) is 8.30. The highest BCUT2D eigenvalue weighted by atomic mass is 16.2. The highest BCUT2D eigenvalue weighted by molar-refractivity contribution is 6.09. The molecule has 0 aromatic heterocycles. The first-order chi connectivity index (χ1) is 11.6. The van der Waals surface area contributed by atoms with E-state index >= 15 is 0 Å². The number of nitrogens with zero attached hydrogens (tertiary/aromatic N) is 1. The maximum atomic E-state index is 12.3. The number of hydrogen-bond donors (Lipinski definition) is 2. The molecule has 5 heteroatoms. The number of amides is 1. The first-order valence-electron chi connectivity index (χ1n) is 7.40. The quantitative estimate of drug-likeness (QED) is 0.633. The second-order valence-electron chi connectivity index (χ2n) is 5.13. The van der Waals surface area contributed by atoms with Gasteiger partial charge in [-0.15, -0.1) is 0 Å². The van der Waals surface area contributed by atoms with Gasteiger partial charge in [0.1, 0.15) is 0 Å². The highest BCUT2D eigenvalue weighted by Crippen LogP contribution is 2.13. The van der Waals surface area contributed by atoms with Gasteiger partial charge >= 0.3 is 0 Å². The lowest BCUT2D eigenvalue weighted by molar-refractivity contribution is -0.115. The molecular weight excluding hydrogens is 302 g/mol. The number of anilines is 1. The molecule has 0 saturated heterocycles. The molecule has 120 valence electrons. The smallest absolute Gasteiger partial charge is 0.243 e. The first-order valence-corrected chi connectivity index (χ1v) is 7.40. The summed E-state index contributed by atoms with van der Waals surface area (Å²) in [6.45, 7) is 1.77. The lowest BCUT2D eigenvalue weighted by atomic mass is 10.0. The Labute approximate surface area is 140 Å². The van der Waals surface area contributed by atoms with Crippen molar-refractivity contribution in [3.63, 3.8) is 0 Å². The molecule has 0 aliphatic heterocycles. The van der Waals surface area contributed by atoms with E-state index in [0.29, 0.717) is 22.5 Å². The molecule has 0 bridgehead atoms. The van der Waals surface area contributed by atoms with Crippen LogP contribution in [0.25, 0.3) is 0 Å². The molecule has 0 fully saturated rings. The van der Waals surface area contributed by atoms with Gasteiger partial charge < -0.3 is 10.6 Å². The van der Waals surface area contributed by atoms with Gasteiger partial charge in [-0.05, 0) is 31.2 Å². The first kappa shape index (κ1) is 17.0. The summed E-state index contributed by atoms with van der Waals surface area (Å²) in [7, 11) is 0. The molecule has 0 spiro atoms. The van der Waals surface area contributed by atoms with Crippen molar-refractivity contribution in [1.82, 2.24) is 5.32 Å². The van der Waals surface area contributed by atoms with E-state index in [0.717, 1.165) is 0 Å². The number of ketones is 1. The maximum absolute atomic E-state index is 12.3. The zero-order valence-corrected chi connectivity index (χ0v) is 13.2. The number of rotatable bonds is 6. The third-order valence-electron chi connectivity index (χ3n) is 3.28. The topological polar surface area (TPSA) is 82.0 Å². The van der Waals surface area contributed by atoms with Crippen LogP contribution in [-0.2, 0) is 4.79 Å². The summed E-state index contributed by atoms with van der Waals surface area (Å²) in [5.41, 5.74) is 2.41. The minimum Gasteiger partial charge on any atom is -0.379 e. The Kier molecular flexibility index (Phi) is 5.87. The molecule has 0 radical (unpaired) electrons. The Balaban J connectivity index is 1.95. The zero-order chi connectivity index (χ0) is 17.4. The van der Waals surface area contributed by atoms with E-state index < -0.39 is 0 Å². The van der Waals surface area contributed by atoms with Gasteiger partial charge in [0.25, 0.3) is 0 Å². The van der Waals surface area contributed by atoms with E-state index in [1.165, 1.54) is 6.08 Å². The predicted molar refractivity (Wildman–Crippen MR) is 92.3 cm³/mol. The molecule has 0 atom stereocenters. The van der Waals surface area contributed by atoms with E-state index in [2.05, 4.69) is 10.6 Å². The fraction of sp³-hybridized carbons (Fsp3) is 0.105. The Morgan fingerprint density at radius 1 is 1.04 bits per heavy atom. The van der Waals surface area contributed by atoms with Crippen LogP contribution < -0.4 is 10.6 Å². The summed E-state index contributed by atoms with van der Waals surface area (Å²) in [5, 5.41) is 14.0. The summed E-state index contributed by atoms with van der Waals surface area (Å²) in [6, 6.07) is 17.6. The van der Waals surface area contributed by atoms with Gasteiger partial charge in [0.2, 0.25) is 5.91 Å². The Morgan fingerprint density at radius 2 is 1.67 bits per heavy atom. The van der Waals surface area contributed by atoms with Crippen molar-refractivity contribution in [2.24, 2.45) is 0 Å². The third kappa shape index (κ3) is 4.82. The number of nitrogens with one attached hydrogen (secondary N) is 2. The fourth-order valence-corrected chi connectivity index (χ4v) is 2.03. The molecule has 0 saturated carbocycles. The molecule has 2 rings (SSSR count). The normalized spacial score (nSPS) is 10.6. The summed E-state index contributed by atoms with van der Waals surface area (Å²) in [4.78, 5) is 24.1. The Morgan fingerprint density at radius 3 is 2.29 bits per heavy atom. The van der Waals surface area contributed by atoms with Crippen molar-refractivity contribution in [3.8, 4) is 6.07 Å². The molecule has 0 aliphatic rings. The van der Waals surface area contributed by atoms with E-state index in [1.807, 2.05) is 24.3 Å². The summed E-state index contributed by atoms with van der Waals surface area (Å²) < 4.78 is 0. The number of nitriles is 1. The fourth-order valence-electron chi connectivity index (χ4n) is 2.03. The van der Waals surface area contributed by atoms with Crippen LogP contribution in [0, 0.1) is 11.3 Å². The van der Waals surface area contributed by atoms with E-state index in [-0.39, 0.29) is 18.2 Å². The summed E-state index contributed by atoms with van der Waals surface area (Å²) in [6.07, 6.45) is 1.33. The molecule has 2 aromatic rings. The van der Waals surface area contributed by atoms with E-state index in [1.54, 1.807) is 43.3 Å². The molecule has 0 heterocycles. The van der Waals surface area contributed by atoms with Gasteiger partial charge in [0.05, 0.1) is 12.6 Å². The monoisotopic (exact) mass is 319 g/mol. The number of benzene rings is 2. The van der Waals surface area contributed by atoms with Crippen LogP contribution in [0.2, 0.25) is 0 Å². The second-order valence-corrected chi connectivity index (χ2v) is 5.13. The largest absolute Gasteiger partial charge is 0.379 e. The van der Waals surface area contributed by atoms with Crippen molar-refractivity contribution in [1.29, 1.82) is 5.26 Å². The Bertz CT molecular complexity index is 788. The van der Waals surface area contributed by atoms with Crippen LogP contribution in [0.1, 0.15) is 22.8 Å². The van der Waals surface area contributed by atoms with Crippen molar-refractivity contribution in [2.75, 3.05) is 11.9 Å². The predicted octanol–water partition coefficient (Wildman–Crippen LogP) is 2.87. The molecule has 2 N–H and O–H groups in total. The average molecular weight is 319 g/mol. The van der Waals surface area contributed by atoms with Crippen LogP contribution in [0.15, 0.2) is 66.4 Å². The SMILES string of the molecule is C/C(=C\C#N)NCC(=O)Nc1ccc(C(=O)c2ccccc2)cc1. The van der Waals surface area contributed by atoms with Crippen LogP contribution in [-0.4, -0.2) is 18.2 Å². The van der Waals surface area contributed by atoms with Gasteiger partial charge in [-0.3, -0.25) is 9.59 Å². The zero-order valence-electron chi connectivity index (χ0n) is 13.2. The molecular formula is C19H17N3O2. The van der Waals surface area contributed by atoms with Crippen molar-refractivity contribution >= 4 is 17.4 Å². The molecule has 0 aliphatic carbocycles. The van der Waals surface area contributed by atoms with Crippen LogP contribution in [0.3, 0.4) is 0 Å². The molecule has 24 heavy (non-hydrogen) atoms. The summed E-state index contributed by atoms with van der Waals surface area (Å²) in [5.74, 6) is -0.296. The Hall–Kier alpha value is -3.39. The lowest BCUT2D eigenvalue weighted by Crippen LogP contribution is -2.26. The summed E-state index contributed by atoms with van der Waals surface area (Å²) >= 11 is 0. The van der Waals surface area contributed by atoms with E-state index in [4.69, 9.17) is 5.26 Å². The third-order valence-corrected chi connectivity index (χ3v) is 3.28. The van der Waals surface area contributed by atoms with Crippen LogP contribution >= 0.6 is 0 Å². The number of hydrogen-bond acceptors (Lipinski definition) is 4. The number of carbonyl (C=O) groups is 2. The van der Waals surface area contributed by atoms with E-state index in [9.17, 15) is 9.59 Å². The van der Waals surface area contributed by atoms with Gasteiger partial charge in [-0.25, -0.2) is 0 Å². The highest BCUT2D eigenvalue weighted by Gasteiger charge is 2.08. The van der Waals surface area contributed by atoms with Crippen molar-refractivity contribution in [3.05, 3.63) is 77.5 Å². The molecule has 1 amide bonds. The van der Waals surface area contributed by atoms with Crippen molar-refractivity contribution in [2.45, 2.75) is 6.92 Å². The minimum absolute atomic E-state index is 0.0626. The van der Waals surface area contributed by atoms with Crippen LogP contribution in [0.4, 0.5) is 5.69 Å². The lowest BCUT2D eigenvalue weighted by Gasteiger charge is -2.08. The van der Waals surface area contributed by atoms with Gasteiger partial charge in [0, 0.05) is 28.6 Å². The average Bonchev–Trinajstić information content (AvgIpc) is 2.61. The minimum atomic E-state index is -0.233. The molecule has 5 nitrogen and oxygen atoms in total. The van der Waals surface area contributed by atoms with Crippen molar-refractivity contribution < 1.29 is 9.59 Å². The maximum Gasteiger partial charge on any atom is 0.243 e. The molecule has 2 aromatic carbocycles. The molecule has 0 unspecified atom stereocenters. The van der Waals surface area contributed by atoms with Gasteiger partial charge in [0.15, 0.2) is 5.78 Å². The standard InChI is InChI=1S/C19H17N3O2/c1-14(11-12-20)21-13-18(23)22-17-9-7-16(8-10-17)19(24)15-5-3-2-4-6-15/h2-11,21H,13H2,1H3,(H,22,23)/b14-11+. The van der Waals surface area contributed by atoms with Gasteiger partial charge in [-0.1, -0.05) is 30.3 Å².